The van der Waals surface area contributed by atoms with Gasteiger partial charge < -0.3 is 15.3 Å². The van der Waals surface area contributed by atoms with Crippen molar-refractivity contribution in [3.63, 3.8) is 0 Å². The lowest BCUT2D eigenvalue weighted by Gasteiger charge is -2.19. The van der Waals surface area contributed by atoms with E-state index in [1.54, 1.807) is 0 Å². The Labute approximate surface area is 88.9 Å². The highest BCUT2D eigenvalue weighted by atomic mass is 79.9. The number of phenols is 2. The minimum absolute atomic E-state index is 0.0929. The van der Waals surface area contributed by atoms with Crippen LogP contribution in [0.25, 0.3) is 0 Å². The predicted molar refractivity (Wildman–Crippen MR) is 53.0 cm³/mol. The standard InChI is InChI=1S/C9H10BrFO3/c1-9(11,4-12)5-2-7(13)8(14)3-6(5)10/h2-3,12-14H,4H2,1H3. The molecule has 14 heavy (non-hydrogen) atoms. The molecule has 1 unspecified atom stereocenters. The molecule has 0 heterocycles. The smallest absolute Gasteiger partial charge is 0.158 e. The van der Waals surface area contributed by atoms with Crippen molar-refractivity contribution in [3.8, 4) is 11.5 Å². The van der Waals surface area contributed by atoms with Gasteiger partial charge in [-0.15, -0.1) is 0 Å². The van der Waals surface area contributed by atoms with Crippen LogP contribution in [0.1, 0.15) is 12.5 Å². The molecule has 0 saturated carbocycles. The number of hydrogen-bond acceptors (Lipinski definition) is 3. The maximum Gasteiger partial charge on any atom is 0.158 e. The monoisotopic (exact) mass is 264 g/mol. The molecule has 0 aliphatic carbocycles. The summed E-state index contributed by atoms with van der Waals surface area (Å²) in [6.07, 6.45) is 0. The zero-order valence-corrected chi connectivity index (χ0v) is 9.05. The Morgan fingerprint density at radius 1 is 1.36 bits per heavy atom. The number of hydrogen-bond donors (Lipinski definition) is 3. The summed E-state index contributed by atoms with van der Waals surface area (Å²) in [6, 6.07) is 2.26. The largest absolute Gasteiger partial charge is 0.504 e. The highest BCUT2D eigenvalue weighted by molar-refractivity contribution is 9.10. The number of alkyl halides is 1. The maximum absolute atomic E-state index is 13.7. The SMILES string of the molecule is CC(F)(CO)c1cc(O)c(O)cc1Br. The highest BCUT2D eigenvalue weighted by Crippen LogP contribution is 2.38. The molecule has 0 radical (unpaired) electrons. The van der Waals surface area contributed by atoms with Crippen LogP contribution < -0.4 is 0 Å². The molecule has 0 spiro atoms. The van der Waals surface area contributed by atoms with Crippen molar-refractivity contribution in [2.75, 3.05) is 6.61 Å². The van der Waals surface area contributed by atoms with Crippen molar-refractivity contribution in [2.24, 2.45) is 0 Å². The minimum atomic E-state index is -1.95. The lowest BCUT2D eigenvalue weighted by Crippen LogP contribution is -2.20. The first-order valence-corrected chi connectivity index (χ1v) is 4.69. The second kappa shape index (κ2) is 3.74. The number of rotatable bonds is 2. The summed E-state index contributed by atoms with van der Waals surface area (Å²) in [5.74, 6) is -0.755. The van der Waals surface area contributed by atoms with E-state index in [-0.39, 0.29) is 11.3 Å². The average Bonchev–Trinajstić information content (AvgIpc) is 2.11. The van der Waals surface area contributed by atoms with Crippen LogP contribution in [-0.2, 0) is 5.67 Å². The van der Waals surface area contributed by atoms with E-state index in [1.807, 2.05) is 0 Å². The van der Waals surface area contributed by atoms with E-state index in [2.05, 4.69) is 15.9 Å². The molecule has 1 aromatic rings. The normalized spacial score (nSPS) is 15.1. The molecule has 78 valence electrons. The van der Waals surface area contributed by atoms with Crippen LogP contribution in [-0.4, -0.2) is 21.9 Å². The first-order chi connectivity index (χ1) is 6.38. The van der Waals surface area contributed by atoms with E-state index in [1.165, 1.54) is 13.0 Å². The van der Waals surface area contributed by atoms with Gasteiger partial charge in [0.15, 0.2) is 17.2 Å². The van der Waals surface area contributed by atoms with E-state index in [4.69, 9.17) is 15.3 Å². The Morgan fingerprint density at radius 3 is 2.36 bits per heavy atom. The fourth-order valence-electron chi connectivity index (χ4n) is 1.04. The second-order valence-electron chi connectivity index (χ2n) is 3.18. The van der Waals surface area contributed by atoms with Crippen LogP contribution >= 0.6 is 15.9 Å². The molecule has 0 aromatic heterocycles. The van der Waals surface area contributed by atoms with Crippen LogP contribution in [0.5, 0.6) is 11.5 Å². The third-order valence-electron chi connectivity index (χ3n) is 1.92. The summed E-state index contributed by atoms with van der Waals surface area (Å²) in [5, 5.41) is 27.1. The van der Waals surface area contributed by atoms with Crippen LogP contribution in [0.2, 0.25) is 0 Å². The van der Waals surface area contributed by atoms with Crippen molar-refractivity contribution in [1.82, 2.24) is 0 Å². The van der Waals surface area contributed by atoms with Gasteiger partial charge in [0.1, 0.15) is 0 Å². The van der Waals surface area contributed by atoms with Crippen molar-refractivity contribution in [3.05, 3.63) is 22.2 Å². The van der Waals surface area contributed by atoms with Crippen molar-refractivity contribution in [2.45, 2.75) is 12.6 Å². The molecule has 5 heteroatoms. The molecule has 0 saturated heterocycles. The Bertz CT molecular complexity index is 352. The van der Waals surface area contributed by atoms with Gasteiger partial charge >= 0.3 is 0 Å². The molecule has 1 aromatic carbocycles. The third-order valence-corrected chi connectivity index (χ3v) is 2.58. The Hall–Kier alpha value is -0.810. The van der Waals surface area contributed by atoms with Gasteiger partial charge in [0.25, 0.3) is 0 Å². The molecule has 3 N–H and O–H groups in total. The fourth-order valence-corrected chi connectivity index (χ4v) is 1.78. The van der Waals surface area contributed by atoms with E-state index in [9.17, 15) is 4.39 Å². The molecule has 1 atom stereocenters. The van der Waals surface area contributed by atoms with Gasteiger partial charge in [0.2, 0.25) is 0 Å². The van der Waals surface area contributed by atoms with Gasteiger partial charge in [0.05, 0.1) is 6.61 Å². The Kier molecular flexibility index (Phi) is 3.01. The Morgan fingerprint density at radius 2 is 1.86 bits per heavy atom. The van der Waals surface area contributed by atoms with Gasteiger partial charge in [-0.25, -0.2) is 4.39 Å². The van der Waals surface area contributed by atoms with E-state index < -0.39 is 18.0 Å². The summed E-state index contributed by atoms with van der Waals surface area (Å²) in [7, 11) is 0. The summed E-state index contributed by atoms with van der Waals surface area (Å²) in [6.45, 7) is 0.486. The number of aromatic hydroxyl groups is 2. The molecule has 3 nitrogen and oxygen atoms in total. The van der Waals surface area contributed by atoms with Gasteiger partial charge in [0, 0.05) is 10.0 Å². The summed E-state index contributed by atoms with van der Waals surface area (Å²) in [5.41, 5.74) is -1.86. The van der Waals surface area contributed by atoms with Crippen molar-refractivity contribution in [1.29, 1.82) is 0 Å². The van der Waals surface area contributed by atoms with Crippen LogP contribution in [0.4, 0.5) is 4.39 Å². The molecular weight excluding hydrogens is 255 g/mol. The highest BCUT2D eigenvalue weighted by Gasteiger charge is 2.28. The molecule has 0 aliphatic heterocycles. The number of phenolic OH excluding ortho intramolecular Hbond substituents is 2. The molecule has 0 amide bonds. The van der Waals surface area contributed by atoms with Crippen LogP contribution in [0, 0.1) is 0 Å². The number of benzene rings is 1. The van der Waals surface area contributed by atoms with Gasteiger partial charge in [-0.1, -0.05) is 15.9 Å². The molecule has 0 aliphatic rings. The van der Waals surface area contributed by atoms with E-state index in [0.29, 0.717) is 4.47 Å². The number of aliphatic hydroxyl groups excluding tert-OH is 1. The van der Waals surface area contributed by atoms with Crippen molar-refractivity contribution >= 4 is 15.9 Å². The zero-order valence-electron chi connectivity index (χ0n) is 7.46. The molecule has 0 bridgehead atoms. The maximum atomic E-state index is 13.7. The van der Waals surface area contributed by atoms with Crippen LogP contribution in [0.15, 0.2) is 16.6 Å². The van der Waals surface area contributed by atoms with Gasteiger partial charge in [-0.2, -0.15) is 0 Å². The van der Waals surface area contributed by atoms with E-state index >= 15 is 0 Å². The fraction of sp³-hybridized carbons (Fsp3) is 0.333. The quantitative estimate of drug-likeness (QED) is 0.717. The Balaban J connectivity index is 3.29. The first-order valence-electron chi connectivity index (χ1n) is 3.90. The number of halogens is 2. The van der Waals surface area contributed by atoms with Gasteiger partial charge in [-0.05, 0) is 19.1 Å². The predicted octanol–water partition coefficient (Wildman–Crippen LogP) is 2.04. The summed E-state index contributed by atoms with van der Waals surface area (Å²) >= 11 is 3.04. The van der Waals surface area contributed by atoms with Crippen molar-refractivity contribution < 1.29 is 19.7 Å². The summed E-state index contributed by atoms with van der Waals surface area (Å²) in [4.78, 5) is 0. The average molecular weight is 265 g/mol. The minimum Gasteiger partial charge on any atom is -0.504 e. The van der Waals surface area contributed by atoms with Gasteiger partial charge in [-0.3, -0.25) is 0 Å². The summed E-state index contributed by atoms with van der Waals surface area (Å²) < 4.78 is 13.9. The molecule has 1 rings (SSSR count). The second-order valence-corrected chi connectivity index (χ2v) is 4.03. The topological polar surface area (TPSA) is 60.7 Å². The zero-order chi connectivity index (χ0) is 10.9. The first kappa shape index (κ1) is 11.3. The lowest BCUT2D eigenvalue weighted by molar-refractivity contribution is 0.0858. The molecular formula is C9H10BrFO3. The lowest BCUT2D eigenvalue weighted by atomic mass is 9.98. The van der Waals surface area contributed by atoms with E-state index in [0.717, 1.165) is 6.07 Å². The molecule has 0 fully saturated rings. The van der Waals surface area contributed by atoms with Crippen LogP contribution in [0.3, 0.4) is 0 Å². The third kappa shape index (κ3) is 1.99. The number of aliphatic hydroxyl groups is 1.